The molecule has 8 heteroatoms. The number of sulfonamides is 1. The van der Waals surface area contributed by atoms with Gasteiger partial charge in [0.1, 0.15) is 5.75 Å². The zero-order valence-electron chi connectivity index (χ0n) is 19.7. The van der Waals surface area contributed by atoms with Crippen LogP contribution in [-0.4, -0.2) is 69.9 Å². The third-order valence-corrected chi connectivity index (χ3v) is 8.73. The van der Waals surface area contributed by atoms with Crippen LogP contribution in [0.2, 0.25) is 0 Å². The predicted octanol–water partition coefficient (Wildman–Crippen LogP) is 3.06. The first-order chi connectivity index (χ1) is 15.8. The quantitative estimate of drug-likeness (QED) is 0.670. The van der Waals surface area contributed by atoms with Gasteiger partial charge >= 0.3 is 0 Å². The molecular weight excluding hydrogens is 438 g/mol. The third-order valence-electron chi connectivity index (χ3n) is 6.72. The highest BCUT2D eigenvalue weighted by atomic mass is 32.2. The molecule has 1 amide bonds. The summed E-state index contributed by atoms with van der Waals surface area (Å²) in [6.45, 7) is 7.24. The minimum atomic E-state index is -3.62. The minimum Gasteiger partial charge on any atom is -0.497 e. The molecule has 2 heterocycles. The Kier molecular flexibility index (Phi) is 6.95. The molecule has 0 bridgehead atoms. The van der Waals surface area contributed by atoms with Crippen LogP contribution in [0.15, 0.2) is 47.4 Å². The van der Waals surface area contributed by atoms with E-state index >= 15 is 0 Å². The van der Waals surface area contributed by atoms with Crippen LogP contribution in [0.3, 0.4) is 0 Å². The standard InChI is InChI=1S/C25H33N3O4S/c1-19-6-7-20(2)24(17-19)33(30,31)28-12-4-5-21(18-28)25(29)27-15-13-26(14-16-27)22-8-10-23(32-3)11-9-22/h6-11,17,21H,4-5,12-16,18H2,1-3H3/t21-/m1/s1. The maximum Gasteiger partial charge on any atom is 0.243 e. The lowest BCUT2D eigenvalue weighted by Gasteiger charge is -2.39. The number of aryl methyl sites for hydroxylation is 2. The molecule has 33 heavy (non-hydrogen) atoms. The number of carbonyl (C=O) groups is 1. The monoisotopic (exact) mass is 471 g/mol. The van der Waals surface area contributed by atoms with Gasteiger partial charge in [-0.2, -0.15) is 4.31 Å². The normalized spacial score (nSPS) is 20.0. The second-order valence-corrected chi connectivity index (χ2v) is 10.9. The summed E-state index contributed by atoms with van der Waals surface area (Å²) in [4.78, 5) is 17.8. The van der Waals surface area contributed by atoms with Gasteiger partial charge in [-0.3, -0.25) is 4.79 Å². The molecule has 2 aromatic rings. The SMILES string of the molecule is COc1ccc(N2CCN(C(=O)[C@@H]3CCCN(S(=O)(=O)c4cc(C)ccc4C)C3)CC2)cc1. The second kappa shape index (κ2) is 9.73. The topological polar surface area (TPSA) is 70.2 Å². The highest BCUT2D eigenvalue weighted by Gasteiger charge is 2.36. The molecule has 0 spiro atoms. The lowest BCUT2D eigenvalue weighted by Crippen LogP contribution is -2.53. The van der Waals surface area contributed by atoms with Crippen LogP contribution < -0.4 is 9.64 Å². The fraction of sp³-hybridized carbons (Fsp3) is 0.480. The molecule has 0 radical (unpaired) electrons. The van der Waals surface area contributed by atoms with Gasteiger partial charge in [0.15, 0.2) is 0 Å². The molecular formula is C25H33N3O4S. The molecule has 0 saturated carbocycles. The van der Waals surface area contributed by atoms with Crippen molar-refractivity contribution in [3.05, 3.63) is 53.6 Å². The number of nitrogens with zero attached hydrogens (tertiary/aromatic N) is 3. The zero-order valence-corrected chi connectivity index (χ0v) is 20.5. The van der Waals surface area contributed by atoms with Crippen molar-refractivity contribution < 1.29 is 17.9 Å². The Labute approximate surface area is 197 Å². The number of methoxy groups -OCH3 is 1. The molecule has 2 saturated heterocycles. The molecule has 1 atom stereocenters. The first-order valence-corrected chi connectivity index (χ1v) is 13.0. The molecule has 7 nitrogen and oxygen atoms in total. The van der Waals surface area contributed by atoms with E-state index in [0.717, 1.165) is 42.1 Å². The maximum absolute atomic E-state index is 13.3. The van der Waals surface area contributed by atoms with Crippen molar-refractivity contribution in [2.75, 3.05) is 51.3 Å². The van der Waals surface area contributed by atoms with E-state index in [-0.39, 0.29) is 18.4 Å². The van der Waals surface area contributed by atoms with Crippen molar-refractivity contribution in [2.24, 2.45) is 5.92 Å². The number of piperazine rings is 1. The Morgan fingerprint density at radius 3 is 2.33 bits per heavy atom. The number of amides is 1. The van der Waals surface area contributed by atoms with Gasteiger partial charge in [-0.25, -0.2) is 8.42 Å². The van der Waals surface area contributed by atoms with E-state index < -0.39 is 10.0 Å². The minimum absolute atomic E-state index is 0.0743. The molecule has 0 N–H and O–H groups in total. The molecule has 2 aliphatic rings. The average molecular weight is 472 g/mol. The molecule has 2 aromatic carbocycles. The largest absolute Gasteiger partial charge is 0.497 e. The predicted molar refractivity (Wildman–Crippen MR) is 129 cm³/mol. The van der Waals surface area contributed by atoms with Crippen molar-refractivity contribution in [3.63, 3.8) is 0 Å². The van der Waals surface area contributed by atoms with Crippen LogP contribution in [0.4, 0.5) is 5.69 Å². The summed E-state index contributed by atoms with van der Waals surface area (Å²) in [5.41, 5.74) is 2.77. The number of benzene rings is 2. The number of hydrogen-bond donors (Lipinski definition) is 0. The molecule has 0 aromatic heterocycles. The van der Waals surface area contributed by atoms with Crippen LogP contribution in [0.25, 0.3) is 0 Å². The molecule has 4 rings (SSSR count). The summed E-state index contributed by atoms with van der Waals surface area (Å²) in [7, 11) is -1.97. The summed E-state index contributed by atoms with van der Waals surface area (Å²) in [5.74, 6) is 0.613. The van der Waals surface area contributed by atoms with Crippen LogP contribution in [-0.2, 0) is 14.8 Å². The van der Waals surface area contributed by atoms with Gasteiger partial charge in [-0.15, -0.1) is 0 Å². The third kappa shape index (κ3) is 5.01. The lowest BCUT2D eigenvalue weighted by molar-refractivity contribution is -0.137. The summed E-state index contributed by atoms with van der Waals surface area (Å²) in [6.07, 6.45) is 1.43. The summed E-state index contributed by atoms with van der Waals surface area (Å²) in [5, 5.41) is 0. The van der Waals surface area contributed by atoms with Gasteiger partial charge in [-0.05, 0) is 68.1 Å². The van der Waals surface area contributed by atoms with Gasteiger partial charge in [0.25, 0.3) is 0 Å². The van der Waals surface area contributed by atoms with Crippen molar-refractivity contribution >= 4 is 21.6 Å². The van der Waals surface area contributed by atoms with E-state index in [1.54, 1.807) is 13.2 Å². The fourth-order valence-corrected chi connectivity index (χ4v) is 6.56. The van der Waals surface area contributed by atoms with E-state index in [0.29, 0.717) is 31.0 Å². The van der Waals surface area contributed by atoms with Crippen LogP contribution >= 0.6 is 0 Å². The van der Waals surface area contributed by atoms with Crippen molar-refractivity contribution in [1.29, 1.82) is 0 Å². The molecule has 0 unspecified atom stereocenters. The van der Waals surface area contributed by atoms with Crippen molar-refractivity contribution in [1.82, 2.24) is 9.21 Å². The number of hydrogen-bond acceptors (Lipinski definition) is 5. The first-order valence-electron chi connectivity index (χ1n) is 11.5. The number of anilines is 1. The molecule has 0 aliphatic carbocycles. The summed E-state index contributed by atoms with van der Waals surface area (Å²) >= 11 is 0. The van der Waals surface area contributed by atoms with Gasteiger partial charge in [0.05, 0.1) is 17.9 Å². The second-order valence-electron chi connectivity index (χ2n) is 8.98. The van der Waals surface area contributed by atoms with Gasteiger partial charge in [-0.1, -0.05) is 12.1 Å². The van der Waals surface area contributed by atoms with E-state index in [1.165, 1.54) is 4.31 Å². The number of piperidine rings is 1. The Morgan fingerprint density at radius 2 is 1.67 bits per heavy atom. The fourth-order valence-electron chi connectivity index (χ4n) is 4.72. The number of carbonyl (C=O) groups excluding carboxylic acids is 1. The first kappa shape index (κ1) is 23.6. The van der Waals surface area contributed by atoms with Gasteiger partial charge in [0.2, 0.25) is 15.9 Å². The van der Waals surface area contributed by atoms with E-state index in [2.05, 4.69) is 4.90 Å². The van der Waals surface area contributed by atoms with Crippen LogP contribution in [0.5, 0.6) is 5.75 Å². The zero-order chi connectivity index (χ0) is 23.6. The highest BCUT2D eigenvalue weighted by molar-refractivity contribution is 7.89. The van der Waals surface area contributed by atoms with E-state index in [1.807, 2.05) is 55.1 Å². The Morgan fingerprint density at radius 1 is 0.970 bits per heavy atom. The van der Waals surface area contributed by atoms with Crippen LogP contribution in [0, 0.1) is 19.8 Å². The van der Waals surface area contributed by atoms with Crippen molar-refractivity contribution in [3.8, 4) is 5.75 Å². The smallest absolute Gasteiger partial charge is 0.243 e. The molecule has 2 aliphatic heterocycles. The summed E-state index contributed by atoms with van der Waals surface area (Å²) in [6, 6.07) is 13.5. The summed E-state index contributed by atoms with van der Waals surface area (Å²) < 4.78 is 33.4. The number of ether oxygens (including phenoxy) is 1. The van der Waals surface area contributed by atoms with E-state index in [4.69, 9.17) is 4.74 Å². The van der Waals surface area contributed by atoms with Crippen LogP contribution in [0.1, 0.15) is 24.0 Å². The Hall–Kier alpha value is -2.58. The lowest BCUT2D eigenvalue weighted by atomic mass is 9.97. The maximum atomic E-state index is 13.3. The van der Waals surface area contributed by atoms with Crippen molar-refractivity contribution in [2.45, 2.75) is 31.6 Å². The average Bonchev–Trinajstić information content (AvgIpc) is 2.85. The Balaban J connectivity index is 1.39. The highest BCUT2D eigenvalue weighted by Crippen LogP contribution is 2.28. The molecule has 2 fully saturated rings. The van der Waals surface area contributed by atoms with Gasteiger partial charge in [0, 0.05) is 45.0 Å². The number of rotatable bonds is 5. The van der Waals surface area contributed by atoms with Gasteiger partial charge < -0.3 is 14.5 Å². The molecule has 178 valence electrons. The Bertz CT molecular complexity index is 1090. The van der Waals surface area contributed by atoms with E-state index in [9.17, 15) is 13.2 Å².